The van der Waals surface area contributed by atoms with E-state index in [2.05, 4.69) is 25.0 Å². The number of benzene rings is 1. The maximum absolute atomic E-state index is 12.5. The van der Waals surface area contributed by atoms with Gasteiger partial charge >= 0.3 is 6.61 Å². The number of aryl methyl sites for hydroxylation is 1. The quantitative estimate of drug-likeness (QED) is 0.488. The molecular weight excluding hydrogens is 412 g/mol. The third-order valence-corrected chi connectivity index (χ3v) is 5.04. The van der Waals surface area contributed by atoms with Crippen LogP contribution in [-0.2, 0) is 0 Å². The van der Waals surface area contributed by atoms with Crippen molar-refractivity contribution < 1.29 is 18.3 Å². The van der Waals surface area contributed by atoms with E-state index in [1.165, 1.54) is 29.7 Å². The first kappa shape index (κ1) is 19.6. The van der Waals surface area contributed by atoms with Gasteiger partial charge in [0.25, 0.3) is 5.91 Å². The van der Waals surface area contributed by atoms with Crippen molar-refractivity contribution >= 4 is 22.4 Å². The van der Waals surface area contributed by atoms with E-state index in [4.69, 9.17) is 0 Å². The Balaban J connectivity index is 1.47. The van der Waals surface area contributed by atoms with E-state index in [0.717, 1.165) is 10.4 Å². The van der Waals surface area contributed by atoms with Gasteiger partial charge in [-0.1, -0.05) is 0 Å². The van der Waals surface area contributed by atoms with E-state index in [1.807, 2.05) is 6.92 Å². The molecule has 0 aliphatic rings. The lowest BCUT2D eigenvalue weighted by molar-refractivity contribution is -0.0498. The zero-order valence-electron chi connectivity index (χ0n) is 15.6. The fourth-order valence-corrected chi connectivity index (χ4v) is 3.58. The third-order valence-electron chi connectivity index (χ3n) is 4.15. The van der Waals surface area contributed by atoms with Crippen molar-refractivity contribution in [2.24, 2.45) is 0 Å². The molecule has 10 heteroatoms. The average molecular weight is 427 g/mol. The van der Waals surface area contributed by atoms with Crippen molar-refractivity contribution in [3.63, 3.8) is 0 Å². The summed E-state index contributed by atoms with van der Waals surface area (Å²) in [7, 11) is 0. The second kappa shape index (κ2) is 8.37. The molecule has 0 fully saturated rings. The molecule has 0 atom stereocenters. The van der Waals surface area contributed by atoms with E-state index in [1.54, 1.807) is 47.6 Å². The number of carbonyl (C=O) groups excluding carboxylic acids is 1. The zero-order valence-corrected chi connectivity index (χ0v) is 16.4. The molecule has 3 heterocycles. The van der Waals surface area contributed by atoms with E-state index < -0.39 is 6.61 Å². The van der Waals surface area contributed by atoms with Crippen LogP contribution in [0.1, 0.15) is 15.2 Å². The minimum atomic E-state index is -2.87. The van der Waals surface area contributed by atoms with Gasteiger partial charge < -0.3 is 4.74 Å². The molecule has 0 aliphatic carbocycles. The Morgan fingerprint density at radius 3 is 2.63 bits per heavy atom. The van der Waals surface area contributed by atoms with Crippen LogP contribution in [0.2, 0.25) is 0 Å². The molecule has 0 saturated carbocycles. The monoisotopic (exact) mass is 427 g/mol. The van der Waals surface area contributed by atoms with Gasteiger partial charge in [-0.15, -0.1) is 11.3 Å². The molecule has 152 valence electrons. The molecule has 4 rings (SSSR count). The molecule has 7 nitrogen and oxygen atoms in total. The predicted molar refractivity (Wildman–Crippen MR) is 108 cm³/mol. The van der Waals surface area contributed by atoms with Crippen LogP contribution in [-0.4, -0.2) is 32.0 Å². The standard InChI is InChI=1S/C20H15F2N5O2S/c1-12-17(13-2-5-15(6-3-13)29-19(21)22)25-20(30-12)26-18(28)14-4-7-16(24-10-14)27-9-8-23-11-27/h2-11,19H,1H3,(H,25,26,28). The smallest absolute Gasteiger partial charge is 0.387 e. The van der Waals surface area contributed by atoms with Crippen LogP contribution in [0.4, 0.5) is 13.9 Å². The topological polar surface area (TPSA) is 81.9 Å². The van der Waals surface area contributed by atoms with Crippen LogP contribution < -0.4 is 10.1 Å². The predicted octanol–water partition coefficient (Wildman–Crippen LogP) is 4.55. The van der Waals surface area contributed by atoms with Gasteiger partial charge in [0.1, 0.15) is 17.9 Å². The summed E-state index contributed by atoms with van der Waals surface area (Å²) in [6, 6.07) is 9.57. The summed E-state index contributed by atoms with van der Waals surface area (Å²) < 4.78 is 30.7. The van der Waals surface area contributed by atoms with Gasteiger partial charge in [-0.25, -0.2) is 15.0 Å². The van der Waals surface area contributed by atoms with Crippen molar-refractivity contribution in [3.05, 3.63) is 71.8 Å². The Kier molecular flexibility index (Phi) is 5.48. The number of imidazole rings is 1. The fourth-order valence-electron chi connectivity index (χ4n) is 2.75. The van der Waals surface area contributed by atoms with Crippen LogP contribution >= 0.6 is 11.3 Å². The van der Waals surface area contributed by atoms with E-state index in [-0.39, 0.29) is 11.7 Å². The maximum Gasteiger partial charge on any atom is 0.387 e. The Bertz CT molecular complexity index is 1140. The van der Waals surface area contributed by atoms with Crippen molar-refractivity contribution in [1.82, 2.24) is 19.5 Å². The van der Waals surface area contributed by atoms with Gasteiger partial charge in [0.05, 0.1) is 11.3 Å². The first-order valence-electron chi connectivity index (χ1n) is 8.78. The summed E-state index contributed by atoms with van der Waals surface area (Å²) >= 11 is 1.32. The van der Waals surface area contributed by atoms with Gasteiger partial charge in [-0.2, -0.15) is 8.78 Å². The molecule has 0 spiro atoms. The number of hydrogen-bond acceptors (Lipinski definition) is 6. The first-order chi connectivity index (χ1) is 14.5. The molecule has 1 amide bonds. The first-order valence-corrected chi connectivity index (χ1v) is 9.59. The molecule has 0 radical (unpaired) electrons. The SMILES string of the molecule is Cc1sc(NC(=O)c2ccc(-n3ccnc3)nc2)nc1-c1ccc(OC(F)F)cc1. The van der Waals surface area contributed by atoms with Crippen molar-refractivity contribution in [1.29, 1.82) is 0 Å². The minimum Gasteiger partial charge on any atom is -0.435 e. The molecule has 0 bridgehead atoms. The van der Waals surface area contributed by atoms with Crippen molar-refractivity contribution in [2.45, 2.75) is 13.5 Å². The second-order valence-corrected chi connectivity index (χ2v) is 7.36. The maximum atomic E-state index is 12.5. The van der Waals surface area contributed by atoms with Crippen LogP contribution in [0, 0.1) is 6.92 Å². The number of alkyl halides is 2. The van der Waals surface area contributed by atoms with E-state index >= 15 is 0 Å². The highest BCUT2D eigenvalue weighted by Gasteiger charge is 2.14. The molecule has 0 aliphatic heterocycles. The van der Waals surface area contributed by atoms with Crippen molar-refractivity contribution in [2.75, 3.05) is 5.32 Å². The largest absolute Gasteiger partial charge is 0.435 e. The van der Waals surface area contributed by atoms with Gasteiger partial charge in [-0.3, -0.25) is 14.7 Å². The lowest BCUT2D eigenvalue weighted by Crippen LogP contribution is -2.12. The molecule has 1 N–H and O–H groups in total. The second-order valence-electron chi connectivity index (χ2n) is 6.16. The molecule has 30 heavy (non-hydrogen) atoms. The highest BCUT2D eigenvalue weighted by atomic mass is 32.1. The Labute approximate surface area is 174 Å². The minimum absolute atomic E-state index is 0.0711. The Morgan fingerprint density at radius 1 is 1.20 bits per heavy atom. The molecule has 0 saturated heterocycles. The molecule has 4 aromatic rings. The molecule has 1 aromatic carbocycles. The third kappa shape index (κ3) is 4.33. The van der Waals surface area contributed by atoms with Gasteiger partial charge in [0, 0.05) is 29.0 Å². The zero-order chi connectivity index (χ0) is 21.1. The summed E-state index contributed by atoms with van der Waals surface area (Å²) in [5.74, 6) is 0.387. The number of halogens is 2. The van der Waals surface area contributed by atoms with Gasteiger partial charge in [-0.05, 0) is 43.3 Å². The number of amides is 1. The number of thiazole rings is 1. The number of hydrogen-bond donors (Lipinski definition) is 1. The number of nitrogens with zero attached hydrogens (tertiary/aromatic N) is 4. The number of pyridine rings is 1. The van der Waals surface area contributed by atoms with Crippen LogP contribution in [0.5, 0.6) is 5.75 Å². The normalized spacial score (nSPS) is 10.9. The van der Waals surface area contributed by atoms with E-state index in [0.29, 0.717) is 22.2 Å². The lowest BCUT2D eigenvalue weighted by Gasteiger charge is -2.05. The summed E-state index contributed by atoms with van der Waals surface area (Å²) in [5.41, 5.74) is 1.78. The summed E-state index contributed by atoms with van der Waals surface area (Å²) in [6.07, 6.45) is 6.50. The lowest BCUT2D eigenvalue weighted by atomic mass is 10.1. The summed E-state index contributed by atoms with van der Waals surface area (Å²) in [6.45, 7) is -1.00. The molecular formula is C20H15F2N5O2S. The number of carbonyl (C=O) groups is 1. The summed E-state index contributed by atoms with van der Waals surface area (Å²) in [4.78, 5) is 26.1. The number of ether oxygens (including phenoxy) is 1. The number of nitrogens with one attached hydrogen (secondary N) is 1. The number of rotatable bonds is 6. The molecule has 0 unspecified atom stereocenters. The van der Waals surface area contributed by atoms with Crippen LogP contribution in [0.25, 0.3) is 17.1 Å². The number of aromatic nitrogens is 4. The van der Waals surface area contributed by atoms with Crippen LogP contribution in [0.15, 0.2) is 61.3 Å². The summed E-state index contributed by atoms with van der Waals surface area (Å²) in [5, 5.41) is 3.20. The number of anilines is 1. The Morgan fingerprint density at radius 2 is 2.00 bits per heavy atom. The van der Waals surface area contributed by atoms with Gasteiger partial charge in [0.2, 0.25) is 0 Å². The highest BCUT2D eigenvalue weighted by molar-refractivity contribution is 7.16. The Hall–Kier alpha value is -3.66. The molecule has 3 aromatic heterocycles. The fraction of sp³-hybridized carbons (Fsp3) is 0.100. The van der Waals surface area contributed by atoms with Crippen molar-refractivity contribution in [3.8, 4) is 22.8 Å². The van der Waals surface area contributed by atoms with E-state index in [9.17, 15) is 13.6 Å². The highest BCUT2D eigenvalue weighted by Crippen LogP contribution is 2.31. The van der Waals surface area contributed by atoms with Crippen LogP contribution in [0.3, 0.4) is 0 Å². The van der Waals surface area contributed by atoms with Gasteiger partial charge in [0.15, 0.2) is 5.13 Å². The average Bonchev–Trinajstić information content (AvgIpc) is 3.38.